The average Bonchev–Trinajstić information content (AvgIpc) is 2.62. The molecule has 0 heterocycles. The minimum Gasteiger partial charge on any atom is -0.322 e. The van der Waals surface area contributed by atoms with E-state index in [0.29, 0.717) is 0 Å². The Morgan fingerprint density at radius 3 is 2.33 bits per heavy atom. The summed E-state index contributed by atoms with van der Waals surface area (Å²) in [6.07, 6.45) is 1.82. The van der Waals surface area contributed by atoms with Gasteiger partial charge in [-0.05, 0) is 42.5 Å². The van der Waals surface area contributed by atoms with Crippen molar-refractivity contribution in [1.82, 2.24) is 4.31 Å². The number of ketones is 1. The smallest absolute Gasteiger partial charge is 0.248 e. The van der Waals surface area contributed by atoms with Crippen molar-refractivity contribution >= 4 is 27.4 Å². The average molecular weight is 394 g/mol. The molecule has 9 heteroatoms. The van der Waals surface area contributed by atoms with Crippen LogP contribution >= 0.6 is 0 Å². The third kappa shape index (κ3) is 5.05. The predicted molar refractivity (Wildman–Crippen MR) is 95.8 cm³/mol. The lowest BCUT2D eigenvalue weighted by Gasteiger charge is -2.12. The Morgan fingerprint density at radius 1 is 1.00 bits per heavy atom. The van der Waals surface area contributed by atoms with Crippen LogP contribution in [-0.4, -0.2) is 38.5 Å². The number of sulfonamides is 1. The van der Waals surface area contributed by atoms with Crippen LogP contribution in [0.5, 0.6) is 0 Å². The Hall–Kier alpha value is -2.91. The number of anilines is 1. The molecule has 6 nitrogen and oxygen atoms in total. The molecule has 0 aliphatic rings. The number of amides is 1. The second kappa shape index (κ2) is 8.19. The summed E-state index contributed by atoms with van der Waals surface area (Å²) in [5.41, 5.74) is 0.102. The van der Waals surface area contributed by atoms with Crippen LogP contribution in [0.25, 0.3) is 0 Å². The molecule has 27 heavy (non-hydrogen) atoms. The SMILES string of the molecule is CN(C)S(=O)(=O)c1cccc(NC(=O)/C=C/C(=O)c2ccc(F)c(F)c2)c1. The highest BCUT2D eigenvalue weighted by atomic mass is 32.2. The Balaban J connectivity index is 2.10. The van der Waals surface area contributed by atoms with E-state index in [1.807, 2.05) is 0 Å². The van der Waals surface area contributed by atoms with Crippen LogP contribution in [0.2, 0.25) is 0 Å². The Morgan fingerprint density at radius 2 is 1.70 bits per heavy atom. The van der Waals surface area contributed by atoms with E-state index >= 15 is 0 Å². The predicted octanol–water partition coefficient (Wildman–Crippen LogP) is 2.59. The summed E-state index contributed by atoms with van der Waals surface area (Å²) in [4.78, 5) is 23.8. The van der Waals surface area contributed by atoms with Gasteiger partial charge in [-0.15, -0.1) is 0 Å². The zero-order valence-electron chi connectivity index (χ0n) is 14.4. The second-order valence-electron chi connectivity index (χ2n) is 5.63. The largest absolute Gasteiger partial charge is 0.322 e. The summed E-state index contributed by atoms with van der Waals surface area (Å²) in [5.74, 6) is -3.63. The van der Waals surface area contributed by atoms with Crippen LogP contribution in [0.3, 0.4) is 0 Å². The molecule has 0 fully saturated rings. The number of nitrogens with one attached hydrogen (secondary N) is 1. The molecule has 0 bridgehead atoms. The number of carbonyl (C=O) groups is 2. The Kier molecular flexibility index (Phi) is 6.19. The number of nitrogens with zero attached hydrogens (tertiary/aromatic N) is 1. The summed E-state index contributed by atoms with van der Waals surface area (Å²) in [5, 5.41) is 2.43. The molecule has 0 spiro atoms. The molecule has 142 valence electrons. The molecule has 0 aliphatic heterocycles. The molecule has 0 saturated carbocycles. The first-order chi connectivity index (χ1) is 12.6. The fourth-order valence-corrected chi connectivity index (χ4v) is 2.97. The van der Waals surface area contributed by atoms with Gasteiger partial charge in [0.15, 0.2) is 17.4 Å². The fraction of sp³-hybridized carbons (Fsp3) is 0.111. The van der Waals surface area contributed by atoms with Crippen molar-refractivity contribution in [1.29, 1.82) is 0 Å². The van der Waals surface area contributed by atoms with Crippen molar-refractivity contribution in [2.75, 3.05) is 19.4 Å². The van der Waals surface area contributed by atoms with E-state index in [9.17, 15) is 26.8 Å². The van der Waals surface area contributed by atoms with Gasteiger partial charge in [-0.3, -0.25) is 9.59 Å². The summed E-state index contributed by atoms with van der Waals surface area (Å²) >= 11 is 0. The number of hydrogen-bond donors (Lipinski definition) is 1. The van der Waals surface area contributed by atoms with Crippen LogP contribution in [0.15, 0.2) is 59.5 Å². The first kappa shape index (κ1) is 20.4. The van der Waals surface area contributed by atoms with Crippen molar-refractivity contribution in [3.63, 3.8) is 0 Å². The highest BCUT2D eigenvalue weighted by Gasteiger charge is 2.17. The van der Waals surface area contributed by atoms with Crippen LogP contribution < -0.4 is 5.32 Å². The van der Waals surface area contributed by atoms with Crippen molar-refractivity contribution in [3.8, 4) is 0 Å². The molecule has 1 amide bonds. The van der Waals surface area contributed by atoms with Crippen molar-refractivity contribution in [2.24, 2.45) is 0 Å². The van der Waals surface area contributed by atoms with E-state index in [1.54, 1.807) is 0 Å². The molecule has 1 N–H and O–H groups in total. The molecule has 0 atom stereocenters. The van der Waals surface area contributed by atoms with E-state index in [-0.39, 0.29) is 16.1 Å². The van der Waals surface area contributed by atoms with Gasteiger partial charge >= 0.3 is 0 Å². The molecule has 2 rings (SSSR count). The van der Waals surface area contributed by atoms with Crippen molar-refractivity contribution < 1.29 is 26.8 Å². The van der Waals surface area contributed by atoms with Crippen LogP contribution in [0, 0.1) is 11.6 Å². The molecule has 0 aromatic heterocycles. The summed E-state index contributed by atoms with van der Waals surface area (Å²) in [7, 11) is -0.896. The normalized spacial score (nSPS) is 11.7. The van der Waals surface area contributed by atoms with E-state index < -0.39 is 33.3 Å². The standard InChI is InChI=1S/C18H16F2N2O4S/c1-22(2)27(25,26)14-5-3-4-13(11-14)21-18(24)9-8-17(23)12-6-7-15(19)16(20)10-12/h3-11H,1-2H3,(H,21,24)/b9-8+. The van der Waals surface area contributed by atoms with Gasteiger partial charge in [0.1, 0.15) is 0 Å². The van der Waals surface area contributed by atoms with Gasteiger partial charge < -0.3 is 5.32 Å². The lowest BCUT2D eigenvalue weighted by atomic mass is 10.1. The number of hydrogen-bond acceptors (Lipinski definition) is 4. The zero-order chi connectivity index (χ0) is 20.2. The molecule has 0 aliphatic carbocycles. The Bertz CT molecular complexity index is 1020. The molecule has 2 aromatic carbocycles. The zero-order valence-corrected chi connectivity index (χ0v) is 15.3. The molecule has 0 saturated heterocycles. The van der Waals surface area contributed by atoms with Gasteiger partial charge in [-0.2, -0.15) is 0 Å². The first-order valence-electron chi connectivity index (χ1n) is 7.62. The molecule has 2 aromatic rings. The lowest BCUT2D eigenvalue weighted by Crippen LogP contribution is -2.22. The minimum atomic E-state index is -3.66. The number of benzene rings is 2. The summed E-state index contributed by atoms with van der Waals surface area (Å²) in [6, 6.07) is 8.24. The highest BCUT2D eigenvalue weighted by molar-refractivity contribution is 7.89. The van der Waals surface area contributed by atoms with Crippen molar-refractivity contribution in [3.05, 3.63) is 71.8 Å². The van der Waals surface area contributed by atoms with Gasteiger partial charge in [0.05, 0.1) is 4.90 Å². The molecule has 0 radical (unpaired) electrons. The maximum absolute atomic E-state index is 13.1. The van der Waals surface area contributed by atoms with Crippen LogP contribution in [0.1, 0.15) is 10.4 Å². The monoisotopic (exact) mass is 394 g/mol. The number of carbonyl (C=O) groups excluding carboxylic acids is 2. The van der Waals surface area contributed by atoms with Gasteiger partial charge in [-0.1, -0.05) is 6.07 Å². The molecular weight excluding hydrogens is 378 g/mol. The molecule has 0 unspecified atom stereocenters. The van der Waals surface area contributed by atoms with Gasteiger partial charge in [0, 0.05) is 31.4 Å². The second-order valence-corrected chi connectivity index (χ2v) is 7.78. The first-order valence-corrected chi connectivity index (χ1v) is 9.06. The summed E-state index contributed by atoms with van der Waals surface area (Å²) in [6.45, 7) is 0. The van der Waals surface area contributed by atoms with Gasteiger partial charge in [-0.25, -0.2) is 21.5 Å². The van der Waals surface area contributed by atoms with E-state index in [0.717, 1.165) is 34.7 Å². The third-order valence-electron chi connectivity index (χ3n) is 3.47. The van der Waals surface area contributed by atoms with Crippen LogP contribution in [0.4, 0.5) is 14.5 Å². The van der Waals surface area contributed by atoms with Crippen molar-refractivity contribution in [2.45, 2.75) is 4.90 Å². The quantitative estimate of drug-likeness (QED) is 0.603. The molecular formula is C18H16F2N2O4S. The van der Waals surface area contributed by atoms with E-state index in [1.165, 1.54) is 38.4 Å². The summed E-state index contributed by atoms with van der Waals surface area (Å²) < 4.78 is 51.2. The number of allylic oxidation sites excluding steroid dienone is 1. The van der Waals surface area contributed by atoms with Gasteiger partial charge in [0.25, 0.3) is 0 Å². The Labute approximate surface area is 155 Å². The highest BCUT2D eigenvalue weighted by Crippen LogP contribution is 2.18. The third-order valence-corrected chi connectivity index (χ3v) is 5.28. The lowest BCUT2D eigenvalue weighted by molar-refractivity contribution is -0.111. The minimum absolute atomic E-state index is 0.00727. The van der Waals surface area contributed by atoms with E-state index in [4.69, 9.17) is 0 Å². The van der Waals surface area contributed by atoms with Gasteiger partial charge in [0.2, 0.25) is 15.9 Å². The maximum Gasteiger partial charge on any atom is 0.248 e. The number of rotatable bonds is 6. The van der Waals surface area contributed by atoms with E-state index in [2.05, 4.69) is 5.32 Å². The van der Waals surface area contributed by atoms with Crippen LogP contribution in [-0.2, 0) is 14.8 Å². The topological polar surface area (TPSA) is 83.6 Å². The fourth-order valence-electron chi connectivity index (χ4n) is 2.03. The number of halogens is 2. The maximum atomic E-state index is 13.1.